The third kappa shape index (κ3) is 4.30. The predicted molar refractivity (Wildman–Crippen MR) is 134 cm³/mol. The van der Waals surface area contributed by atoms with Gasteiger partial charge in [-0.3, -0.25) is 0 Å². The number of hydrogen-bond donors (Lipinski definition) is 2. The summed E-state index contributed by atoms with van der Waals surface area (Å²) in [6.07, 6.45) is 8.79. The molecule has 0 saturated heterocycles. The molecule has 0 spiro atoms. The Bertz CT molecular complexity index is 1230. The molecule has 8 nitrogen and oxygen atoms in total. The standard InChI is InChI=1S/C25H29N5O3S/c1-4-20(26)18-10-28-24(33-14-7-15(8-14)34-3)19-11-27-22(9-17(18)19)29-21-6-5-16-23(30-21)13(2)12-32-25(16)31/h5-6,9-11,13-15,20H,4,7-8,12,26H2,1-3H3,(H,27,29,30). The average Bonchev–Trinajstić information content (AvgIpc) is 2.83. The number of nitrogens with one attached hydrogen (secondary N) is 1. The van der Waals surface area contributed by atoms with Gasteiger partial charge in [0.2, 0.25) is 5.88 Å². The van der Waals surface area contributed by atoms with E-state index < -0.39 is 0 Å². The van der Waals surface area contributed by atoms with E-state index in [1.165, 1.54) is 0 Å². The molecule has 0 radical (unpaired) electrons. The van der Waals surface area contributed by atoms with Crippen LogP contribution in [0, 0.1) is 0 Å². The number of rotatable bonds is 7. The van der Waals surface area contributed by atoms with Crippen LogP contribution in [-0.4, -0.2) is 45.1 Å². The minimum Gasteiger partial charge on any atom is -0.474 e. The van der Waals surface area contributed by atoms with E-state index in [1.807, 2.05) is 30.9 Å². The molecule has 2 aliphatic rings. The van der Waals surface area contributed by atoms with Crippen molar-refractivity contribution in [2.45, 2.75) is 56.4 Å². The van der Waals surface area contributed by atoms with Crippen molar-refractivity contribution in [3.05, 3.63) is 47.4 Å². The highest BCUT2D eigenvalue weighted by atomic mass is 32.2. The Balaban J connectivity index is 1.47. The van der Waals surface area contributed by atoms with Gasteiger partial charge in [0.1, 0.15) is 17.7 Å². The lowest BCUT2D eigenvalue weighted by molar-refractivity contribution is 0.0445. The second-order valence-electron chi connectivity index (χ2n) is 8.97. The number of pyridine rings is 3. The first-order valence-electron chi connectivity index (χ1n) is 11.7. The summed E-state index contributed by atoms with van der Waals surface area (Å²) in [6, 6.07) is 5.35. The molecule has 5 rings (SSSR count). The van der Waals surface area contributed by atoms with Gasteiger partial charge in [-0.25, -0.2) is 19.7 Å². The molecule has 178 valence electrons. The van der Waals surface area contributed by atoms with Crippen LogP contribution in [0.1, 0.15) is 66.7 Å². The number of fused-ring (bicyclic) bond motifs is 2. The molecule has 3 aromatic rings. The van der Waals surface area contributed by atoms with Gasteiger partial charge in [-0.05, 0) is 54.7 Å². The zero-order valence-corrected chi connectivity index (χ0v) is 20.4. The maximum absolute atomic E-state index is 12.0. The normalized spacial score (nSPS) is 22.5. The van der Waals surface area contributed by atoms with Crippen LogP contribution < -0.4 is 15.8 Å². The first-order valence-corrected chi connectivity index (χ1v) is 12.9. The van der Waals surface area contributed by atoms with E-state index in [0.717, 1.165) is 41.3 Å². The van der Waals surface area contributed by atoms with E-state index >= 15 is 0 Å². The molecule has 3 aromatic heterocycles. The van der Waals surface area contributed by atoms with Crippen molar-refractivity contribution in [2.24, 2.45) is 5.73 Å². The minimum absolute atomic E-state index is 0.0381. The summed E-state index contributed by atoms with van der Waals surface area (Å²) in [5.41, 5.74) is 8.62. The fourth-order valence-electron chi connectivity index (χ4n) is 4.35. The van der Waals surface area contributed by atoms with Gasteiger partial charge in [0.05, 0.1) is 23.3 Å². The SMILES string of the molecule is CCC(N)c1cnc(OC2CC(SC)C2)c2cnc(Nc3ccc4c(n3)C(C)COC4=O)cc12. The van der Waals surface area contributed by atoms with E-state index in [-0.39, 0.29) is 24.0 Å². The van der Waals surface area contributed by atoms with Crippen molar-refractivity contribution in [3.8, 4) is 5.88 Å². The van der Waals surface area contributed by atoms with E-state index in [9.17, 15) is 4.79 Å². The van der Waals surface area contributed by atoms with Crippen LogP contribution in [0.5, 0.6) is 5.88 Å². The Morgan fingerprint density at radius 1 is 1.24 bits per heavy atom. The Labute approximate surface area is 203 Å². The van der Waals surface area contributed by atoms with Crippen LogP contribution in [0.4, 0.5) is 11.6 Å². The molecule has 2 atom stereocenters. The zero-order chi connectivity index (χ0) is 23.8. The number of cyclic esters (lactones) is 1. The summed E-state index contributed by atoms with van der Waals surface area (Å²) in [5, 5.41) is 5.76. The monoisotopic (exact) mass is 479 g/mol. The quantitative estimate of drug-likeness (QED) is 0.465. The molecule has 1 fully saturated rings. The number of ether oxygens (including phenoxy) is 2. The summed E-state index contributed by atoms with van der Waals surface area (Å²) < 4.78 is 11.4. The fourth-order valence-corrected chi connectivity index (χ4v) is 5.17. The van der Waals surface area contributed by atoms with Crippen LogP contribution in [0.15, 0.2) is 30.6 Å². The molecule has 4 heterocycles. The Morgan fingerprint density at radius 2 is 2.06 bits per heavy atom. The van der Waals surface area contributed by atoms with Gasteiger partial charge in [0.15, 0.2) is 0 Å². The van der Waals surface area contributed by atoms with E-state index in [4.69, 9.17) is 15.2 Å². The smallest absolute Gasteiger partial charge is 0.340 e. The van der Waals surface area contributed by atoms with E-state index in [2.05, 4.69) is 33.4 Å². The van der Waals surface area contributed by atoms with Crippen LogP contribution in [0.3, 0.4) is 0 Å². The molecule has 0 bridgehead atoms. The van der Waals surface area contributed by atoms with Gasteiger partial charge in [0, 0.05) is 29.6 Å². The van der Waals surface area contributed by atoms with Crippen molar-refractivity contribution >= 4 is 40.1 Å². The molecule has 0 amide bonds. The molecular formula is C25H29N5O3S. The highest BCUT2D eigenvalue weighted by molar-refractivity contribution is 7.99. The fraction of sp³-hybridized carbons (Fsp3) is 0.440. The summed E-state index contributed by atoms with van der Waals surface area (Å²) in [4.78, 5) is 25.9. The number of aromatic nitrogens is 3. The minimum atomic E-state index is -0.329. The largest absolute Gasteiger partial charge is 0.474 e. The number of hydrogen-bond acceptors (Lipinski definition) is 9. The van der Waals surface area contributed by atoms with Crippen molar-refractivity contribution < 1.29 is 14.3 Å². The van der Waals surface area contributed by atoms with Crippen LogP contribution in [-0.2, 0) is 4.74 Å². The molecule has 1 aliphatic heterocycles. The lowest BCUT2D eigenvalue weighted by Gasteiger charge is -2.34. The first kappa shape index (κ1) is 22.9. The summed E-state index contributed by atoms with van der Waals surface area (Å²) in [5.74, 6) is 1.57. The molecule has 1 saturated carbocycles. The molecule has 2 unspecified atom stereocenters. The average molecular weight is 480 g/mol. The highest BCUT2D eigenvalue weighted by Crippen LogP contribution is 2.37. The second kappa shape index (κ2) is 9.38. The highest BCUT2D eigenvalue weighted by Gasteiger charge is 2.31. The summed E-state index contributed by atoms with van der Waals surface area (Å²) in [6.45, 7) is 4.39. The number of carbonyl (C=O) groups is 1. The van der Waals surface area contributed by atoms with Gasteiger partial charge in [0.25, 0.3) is 0 Å². The number of nitrogens with zero attached hydrogens (tertiary/aromatic N) is 3. The number of thioether (sulfide) groups is 1. The Kier molecular flexibility index (Phi) is 6.31. The van der Waals surface area contributed by atoms with E-state index in [1.54, 1.807) is 18.3 Å². The lowest BCUT2D eigenvalue weighted by atomic mass is 9.95. The molecule has 9 heteroatoms. The third-order valence-corrected chi connectivity index (χ3v) is 7.65. The Hall–Kier alpha value is -2.91. The summed E-state index contributed by atoms with van der Waals surface area (Å²) in [7, 11) is 0. The van der Waals surface area contributed by atoms with Crippen LogP contribution in [0.25, 0.3) is 10.8 Å². The molecular weight excluding hydrogens is 450 g/mol. The maximum atomic E-state index is 12.0. The zero-order valence-electron chi connectivity index (χ0n) is 19.6. The van der Waals surface area contributed by atoms with Gasteiger partial charge in [-0.15, -0.1) is 0 Å². The second-order valence-corrected chi connectivity index (χ2v) is 10.1. The third-order valence-electron chi connectivity index (χ3n) is 6.60. The predicted octanol–water partition coefficient (Wildman–Crippen LogP) is 4.72. The van der Waals surface area contributed by atoms with E-state index in [0.29, 0.717) is 34.9 Å². The Morgan fingerprint density at radius 3 is 2.82 bits per heavy atom. The van der Waals surface area contributed by atoms with Gasteiger partial charge < -0.3 is 20.5 Å². The number of anilines is 2. The maximum Gasteiger partial charge on any atom is 0.340 e. The molecule has 0 aromatic carbocycles. The molecule has 1 aliphatic carbocycles. The van der Waals surface area contributed by atoms with Crippen LogP contribution in [0.2, 0.25) is 0 Å². The molecule has 3 N–H and O–H groups in total. The van der Waals surface area contributed by atoms with Crippen LogP contribution >= 0.6 is 11.8 Å². The lowest BCUT2D eigenvalue weighted by Crippen LogP contribution is -2.35. The van der Waals surface area contributed by atoms with Crippen molar-refractivity contribution in [2.75, 3.05) is 18.2 Å². The number of carbonyl (C=O) groups excluding carboxylic acids is 1. The van der Waals surface area contributed by atoms with Crippen molar-refractivity contribution in [3.63, 3.8) is 0 Å². The van der Waals surface area contributed by atoms with Crippen molar-refractivity contribution in [1.29, 1.82) is 0 Å². The van der Waals surface area contributed by atoms with Gasteiger partial charge >= 0.3 is 5.97 Å². The first-order chi connectivity index (χ1) is 16.5. The topological polar surface area (TPSA) is 112 Å². The summed E-state index contributed by atoms with van der Waals surface area (Å²) >= 11 is 1.88. The number of nitrogens with two attached hydrogens (primary N) is 1. The van der Waals surface area contributed by atoms with Crippen molar-refractivity contribution in [1.82, 2.24) is 15.0 Å². The molecule has 34 heavy (non-hydrogen) atoms. The van der Waals surface area contributed by atoms with Gasteiger partial charge in [-0.1, -0.05) is 13.8 Å². The van der Waals surface area contributed by atoms with Gasteiger partial charge in [-0.2, -0.15) is 11.8 Å². The number of esters is 1.